The lowest BCUT2D eigenvalue weighted by Crippen LogP contribution is -2.68. The van der Waals surface area contributed by atoms with Crippen LogP contribution in [0.2, 0.25) is 0 Å². The SMILES string of the molecule is CCC1(C)NC(=O)C(C)N(Cc2cc(F)cc(Br)c2)C1=O. The van der Waals surface area contributed by atoms with Gasteiger partial charge in [0.15, 0.2) is 0 Å². The number of amides is 2. The summed E-state index contributed by atoms with van der Waals surface area (Å²) in [6.45, 7) is 5.45. The maximum Gasteiger partial charge on any atom is 0.248 e. The van der Waals surface area contributed by atoms with Crippen molar-refractivity contribution >= 4 is 27.7 Å². The second-order valence-electron chi connectivity index (χ2n) is 5.56. The number of nitrogens with one attached hydrogen (secondary N) is 1. The Bertz CT molecular complexity index is 573. The Labute approximate surface area is 131 Å². The summed E-state index contributed by atoms with van der Waals surface area (Å²) in [5, 5.41) is 2.77. The molecule has 21 heavy (non-hydrogen) atoms. The van der Waals surface area contributed by atoms with Gasteiger partial charge in [-0.15, -0.1) is 0 Å². The molecule has 1 saturated heterocycles. The number of benzene rings is 1. The minimum atomic E-state index is -0.895. The number of hydrogen-bond donors (Lipinski definition) is 1. The molecule has 1 heterocycles. The maximum absolute atomic E-state index is 13.5. The van der Waals surface area contributed by atoms with E-state index in [0.717, 1.165) is 0 Å². The van der Waals surface area contributed by atoms with Crippen molar-refractivity contribution in [3.05, 3.63) is 34.1 Å². The average molecular weight is 357 g/mol. The molecule has 1 N–H and O–H groups in total. The molecule has 6 heteroatoms. The van der Waals surface area contributed by atoms with Gasteiger partial charge in [0.25, 0.3) is 0 Å². The smallest absolute Gasteiger partial charge is 0.248 e. The molecular formula is C15H18BrFN2O2. The van der Waals surface area contributed by atoms with Gasteiger partial charge in [-0.3, -0.25) is 9.59 Å². The van der Waals surface area contributed by atoms with Gasteiger partial charge < -0.3 is 10.2 Å². The highest BCUT2D eigenvalue weighted by Crippen LogP contribution is 2.24. The highest BCUT2D eigenvalue weighted by atomic mass is 79.9. The third-order valence-electron chi connectivity index (χ3n) is 3.96. The molecule has 1 aromatic carbocycles. The Hall–Kier alpha value is -1.43. The minimum Gasteiger partial charge on any atom is -0.340 e. The van der Waals surface area contributed by atoms with Crippen molar-refractivity contribution in [3.63, 3.8) is 0 Å². The second-order valence-corrected chi connectivity index (χ2v) is 6.48. The molecule has 114 valence electrons. The fourth-order valence-corrected chi connectivity index (χ4v) is 2.92. The Kier molecular flexibility index (Phi) is 4.37. The molecule has 0 aromatic heterocycles. The third-order valence-corrected chi connectivity index (χ3v) is 4.42. The van der Waals surface area contributed by atoms with Gasteiger partial charge in [0.05, 0.1) is 0 Å². The van der Waals surface area contributed by atoms with Gasteiger partial charge >= 0.3 is 0 Å². The molecule has 0 bridgehead atoms. The standard InChI is InChI=1S/C15H18BrFN2O2/c1-4-15(3)14(21)19(9(2)13(20)18-15)8-10-5-11(16)7-12(17)6-10/h5-7,9H,4,8H2,1-3H3,(H,18,20). The van der Waals surface area contributed by atoms with Crippen LogP contribution in [-0.4, -0.2) is 28.3 Å². The van der Waals surface area contributed by atoms with E-state index in [2.05, 4.69) is 21.2 Å². The molecule has 0 aliphatic carbocycles. The van der Waals surface area contributed by atoms with Crippen molar-refractivity contribution in [1.29, 1.82) is 0 Å². The molecule has 2 atom stereocenters. The van der Waals surface area contributed by atoms with Crippen molar-refractivity contribution in [2.45, 2.75) is 45.3 Å². The van der Waals surface area contributed by atoms with Gasteiger partial charge in [-0.25, -0.2) is 4.39 Å². The topological polar surface area (TPSA) is 49.4 Å². The van der Waals surface area contributed by atoms with Gasteiger partial charge in [0.2, 0.25) is 11.8 Å². The summed E-state index contributed by atoms with van der Waals surface area (Å²) < 4.78 is 14.1. The number of nitrogens with zero attached hydrogens (tertiary/aromatic N) is 1. The van der Waals surface area contributed by atoms with E-state index >= 15 is 0 Å². The lowest BCUT2D eigenvalue weighted by atomic mass is 9.92. The predicted molar refractivity (Wildman–Crippen MR) is 81.0 cm³/mol. The largest absolute Gasteiger partial charge is 0.340 e. The van der Waals surface area contributed by atoms with Gasteiger partial charge in [-0.1, -0.05) is 22.9 Å². The molecule has 4 nitrogen and oxygen atoms in total. The first-order valence-corrected chi connectivity index (χ1v) is 7.64. The summed E-state index contributed by atoms with van der Waals surface area (Å²) in [4.78, 5) is 26.2. The number of carbonyl (C=O) groups is 2. The lowest BCUT2D eigenvalue weighted by Gasteiger charge is -2.43. The van der Waals surface area contributed by atoms with Crippen molar-refractivity contribution in [1.82, 2.24) is 10.2 Å². The predicted octanol–water partition coefficient (Wildman–Crippen LogP) is 2.60. The van der Waals surface area contributed by atoms with Crippen molar-refractivity contribution in [2.24, 2.45) is 0 Å². The molecule has 1 fully saturated rings. The van der Waals surface area contributed by atoms with E-state index in [4.69, 9.17) is 0 Å². The van der Waals surface area contributed by atoms with Crippen molar-refractivity contribution in [2.75, 3.05) is 0 Å². The Morgan fingerprint density at radius 1 is 1.38 bits per heavy atom. The Balaban J connectivity index is 2.31. The van der Waals surface area contributed by atoms with Crippen LogP contribution < -0.4 is 5.32 Å². The first kappa shape index (κ1) is 15.9. The van der Waals surface area contributed by atoms with E-state index in [-0.39, 0.29) is 24.2 Å². The van der Waals surface area contributed by atoms with Crippen molar-refractivity contribution < 1.29 is 14.0 Å². The highest BCUT2D eigenvalue weighted by molar-refractivity contribution is 9.10. The van der Waals surface area contributed by atoms with E-state index in [1.807, 2.05) is 6.92 Å². The monoisotopic (exact) mass is 356 g/mol. The van der Waals surface area contributed by atoms with Crippen LogP contribution in [0.15, 0.2) is 22.7 Å². The summed E-state index contributed by atoms with van der Waals surface area (Å²) in [6.07, 6.45) is 0.508. The van der Waals surface area contributed by atoms with E-state index in [1.165, 1.54) is 17.0 Å². The van der Waals surface area contributed by atoms with E-state index < -0.39 is 11.6 Å². The third kappa shape index (κ3) is 3.10. The number of rotatable bonds is 3. The lowest BCUT2D eigenvalue weighted by molar-refractivity contribution is -0.154. The average Bonchev–Trinajstić information content (AvgIpc) is 2.40. The van der Waals surface area contributed by atoms with Crippen LogP contribution >= 0.6 is 15.9 Å². The zero-order valence-electron chi connectivity index (χ0n) is 12.2. The van der Waals surface area contributed by atoms with E-state index in [9.17, 15) is 14.0 Å². The molecule has 0 spiro atoms. The van der Waals surface area contributed by atoms with Crippen LogP contribution in [0.5, 0.6) is 0 Å². The molecule has 0 saturated carbocycles. The molecule has 2 unspecified atom stereocenters. The second kappa shape index (κ2) is 5.75. The molecular weight excluding hydrogens is 339 g/mol. The van der Waals surface area contributed by atoms with Gasteiger partial charge in [-0.05, 0) is 44.0 Å². The van der Waals surface area contributed by atoms with E-state index in [0.29, 0.717) is 16.5 Å². The molecule has 1 aliphatic rings. The Morgan fingerprint density at radius 2 is 2.05 bits per heavy atom. The zero-order chi connectivity index (χ0) is 15.8. The summed E-state index contributed by atoms with van der Waals surface area (Å²) >= 11 is 3.23. The minimum absolute atomic E-state index is 0.141. The number of piperazine rings is 1. The van der Waals surface area contributed by atoms with Crippen LogP contribution in [-0.2, 0) is 16.1 Å². The summed E-state index contributed by atoms with van der Waals surface area (Å²) in [5.41, 5.74) is -0.246. The van der Waals surface area contributed by atoms with Crippen LogP contribution in [0.25, 0.3) is 0 Å². The van der Waals surface area contributed by atoms with Crippen LogP contribution in [0.4, 0.5) is 4.39 Å². The van der Waals surface area contributed by atoms with Gasteiger partial charge in [0.1, 0.15) is 17.4 Å². The van der Waals surface area contributed by atoms with Crippen molar-refractivity contribution in [3.8, 4) is 0 Å². The molecule has 1 aromatic rings. The van der Waals surface area contributed by atoms with Gasteiger partial charge in [0, 0.05) is 11.0 Å². The maximum atomic E-state index is 13.5. The van der Waals surface area contributed by atoms with Crippen LogP contribution in [0.3, 0.4) is 0 Å². The molecule has 1 aliphatic heterocycles. The molecule has 0 radical (unpaired) electrons. The summed E-state index contributed by atoms with van der Waals surface area (Å²) in [5.74, 6) is -0.703. The first-order valence-electron chi connectivity index (χ1n) is 6.85. The summed E-state index contributed by atoms with van der Waals surface area (Å²) in [7, 11) is 0. The summed E-state index contributed by atoms with van der Waals surface area (Å²) in [6, 6.07) is 3.91. The normalized spacial score (nSPS) is 26.0. The number of hydrogen-bond acceptors (Lipinski definition) is 2. The fourth-order valence-electron chi connectivity index (χ4n) is 2.41. The van der Waals surface area contributed by atoms with Crippen LogP contribution in [0, 0.1) is 5.82 Å². The molecule has 2 amide bonds. The highest BCUT2D eigenvalue weighted by Gasteiger charge is 2.45. The first-order chi connectivity index (χ1) is 9.76. The van der Waals surface area contributed by atoms with Gasteiger partial charge in [-0.2, -0.15) is 0 Å². The zero-order valence-corrected chi connectivity index (χ0v) is 13.8. The Morgan fingerprint density at radius 3 is 2.62 bits per heavy atom. The molecule has 2 rings (SSSR count). The number of carbonyl (C=O) groups excluding carboxylic acids is 2. The number of halogens is 2. The van der Waals surface area contributed by atoms with E-state index in [1.54, 1.807) is 19.9 Å². The quantitative estimate of drug-likeness (QED) is 0.904. The van der Waals surface area contributed by atoms with Crippen LogP contribution in [0.1, 0.15) is 32.8 Å². The fraction of sp³-hybridized carbons (Fsp3) is 0.467.